The monoisotopic (exact) mass is 687 g/mol. The van der Waals surface area contributed by atoms with Gasteiger partial charge in [-0.25, -0.2) is 18.4 Å². The van der Waals surface area contributed by atoms with Crippen LogP contribution in [0.15, 0.2) is 49.3 Å². The summed E-state index contributed by atoms with van der Waals surface area (Å²) in [4.78, 5) is 32.7. The number of piperidine rings is 2. The summed E-state index contributed by atoms with van der Waals surface area (Å²) in [6, 6.07) is 6.86. The molecule has 1 N–H and O–H groups in total. The molecule has 0 radical (unpaired) electrons. The molecule has 5 heterocycles. The predicted molar refractivity (Wildman–Crippen MR) is 178 cm³/mol. The van der Waals surface area contributed by atoms with Crippen LogP contribution >= 0.6 is 0 Å². The Hall–Kier alpha value is -3.98. The molecule has 3 aliphatic rings. The van der Waals surface area contributed by atoms with Crippen molar-refractivity contribution in [1.82, 2.24) is 19.9 Å². The van der Waals surface area contributed by atoms with Crippen molar-refractivity contribution in [2.75, 3.05) is 54.2 Å². The van der Waals surface area contributed by atoms with Gasteiger partial charge >= 0.3 is 5.51 Å². The molecule has 0 spiro atoms. The molecule has 6 rings (SSSR count). The van der Waals surface area contributed by atoms with E-state index < -0.39 is 33.1 Å². The lowest BCUT2D eigenvalue weighted by molar-refractivity contribution is -0.129. The van der Waals surface area contributed by atoms with E-state index in [0.29, 0.717) is 24.1 Å². The Bertz CT molecular complexity index is 1780. The van der Waals surface area contributed by atoms with Gasteiger partial charge in [-0.15, -0.1) is 0 Å². The molecule has 48 heavy (non-hydrogen) atoms. The van der Waals surface area contributed by atoms with Gasteiger partial charge in [0.05, 0.1) is 17.9 Å². The zero-order chi connectivity index (χ0) is 34.2. The zero-order valence-corrected chi connectivity index (χ0v) is 27.8. The molecule has 11 nitrogen and oxygen atoms in total. The highest BCUT2D eigenvalue weighted by molar-refractivity contribution is 7.92. The summed E-state index contributed by atoms with van der Waals surface area (Å²) in [5.74, 6) is -0.101. The molecule has 0 aliphatic carbocycles. The molecule has 2 aromatic heterocycles. The Morgan fingerprint density at radius 3 is 2.54 bits per heavy atom. The fourth-order valence-corrected chi connectivity index (χ4v) is 8.20. The standard InChI is InChI=1S/C33H40F3N7O4S/c1-4-31(44)42-14-6-5-7-27(42)24-8-9-28(43-19-22(21(43)2)20-48(45,46)33(34,35)36)26-18-38-30(17-25(24)26)39-29-10-13-37-32(40-29)41-15-11-23(47-3)12-16-41/h4,8-10,13,17-18,21-23,27H,1,5-7,11-12,14-16,19-20H2,2-3H3,(H,37,38,39,40)/t21-,22-,27-/m1/s1. The van der Waals surface area contributed by atoms with Crippen molar-refractivity contribution in [1.29, 1.82) is 0 Å². The molecule has 3 atom stereocenters. The number of nitrogens with one attached hydrogen (secondary N) is 1. The van der Waals surface area contributed by atoms with Crippen LogP contribution in [0.4, 0.5) is 36.4 Å². The fourth-order valence-electron chi connectivity index (χ4n) is 7.06. The number of carbonyl (C=O) groups is 1. The molecule has 15 heteroatoms. The molecule has 0 saturated carbocycles. The van der Waals surface area contributed by atoms with E-state index in [2.05, 4.69) is 26.8 Å². The Labute approximate surface area is 278 Å². The highest BCUT2D eigenvalue weighted by Gasteiger charge is 2.50. The number of halogens is 3. The first-order chi connectivity index (χ1) is 22.9. The third-order valence-corrected chi connectivity index (χ3v) is 11.5. The molecular formula is C33H40F3N7O4S. The van der Waals surface area contributed by atoms with Crippen molar-refractivity contribution in [3.8, 4) is 0 Å². The maximum atomic E-state index is 13.1. The van der Waals surface area contributed by atoms with E-state index in [9.17, 15) is 26.4 Å². The third-order valence-electron chi connectivity index (χ3n) is 9.89. The number of ether oxygens (including phenoxy) is 1. The third kappa shape index (κ3) is 6.66. The van der Waals surface area contributed by atoms with Crippen molar-refractivity contribution in [3.05, 3.63) is 54.9 Å². The number of fused-ring (bicyclic) bond motifs is 1. The van der Waals surface area contributed by atoms with Gasteiger partial charge in [0.2, 0.25) is 21.7 Å². The molecular weight excluding hydrogens is 647 g/mol. The lowest BCUT2D eigenvalue weighted by Gasteiger charge is -2.48. The molecule has 3 aromatic rings. The van der Waals surface area contributed by atoms with Gasteiger partial charge < -0.3 is 24.8 Å². The Morgan fingerprint density at radius 2 is 1.85 bits per heavy atom. The normalized spacial score (nSPS) is 22.4. The van der Waals surface area contributed by atoms with Crippen LogP contribution in [0.25, 0.3) is 10.8 Å². The molecule has 3 aliphatic heterocycles. The number of nitrogens with zero attached hydrogens (tertiary/aromatic N) is 6. The van der Waals surface area contributed by atoms with Gasteiger partial charge in [-0.1, -0.05) is 12.6 Å². The van der Waals surface area contributed by atoms with E-state index in [0.717, 1.165) is 67.2 Å². The Morgan fingerprint density at radius 1 is 1.08 bits per heavy atom. The second-order valence-corrected chi connectivity index (χ2v) is 14.7. The van der Waals surface area contributed by atoms with Crippen LogP contribution in [0.3, 0.4) is 0 Å². The second-order valence-electron chi connectivity index (χ2n) is 12.7. The highest BCUT2D eigenvalue weighted by atomic mass is 32.2. The van der Waals surface area contributed by atoms with Gasteiger partial charge in [-0.2, -0.15) is 18.2 Å². The van der Waals surface area contributed by atoms with Crippen molar-refractivity contribution < 1.29 is 31.1 Å². The van der Waals surface area contributed by atoms with E-state index in [1.54, 1.807) is 32.5 Å². The van der Waals surface area contributed by atoms with Crippen LogP contribution in [0, 0.1) is 5.92 Å². The molecule has 1 amide bonds. The second kappa shape index (κ2) is 13.5. The van der Waals surface area contributed by atoms with Crippen LogP contribution in [-0.2, 0) is 19.4 Å². The minimum absolute atomic E-state index is 0.154. The van der Waals surface area contributed by atoms with Gasteiger partial charge in [0.25, 0.3) is 0 Å². The maximum absolute atomic E-state index is 13.1. The summed E-state index contributed by atoms with van der Waals surface area (Å²) in [6.07, 6.45) is 9.30. The number of carbonyl (C=O) groups excluding carboxylic acids is 1. The van der Waals surface area contributed by atoms with Crippen molar-refractivity contribution in [2.24, 2.45) is 5.92 Å². The lowest BCUT2D eigenvalue weighted by Crippen LogP contribution is -2.58. The van der Waals surface area contributed by atoms with Crippen LogP contribution in [-0.4, -0.2) is 90.9 Å². The van der Waals surface area contributed by atoms with Crippen LogP contribution in [0.2, 0.25) is 0 Å². The van der Waals surface area contributed by atoms with Gasteiger partial charge in [0.1, 0.15) is 11.6 Å². The number of rotatable bonds is 9. The van der Waals surface area contributed by atoms with Crippen LogP contribution < -0.4 is 15.1 Å². The molecule has 3 saturated heterocycles. The average Bonchev–Trinajstić information content (AvgIpc) is 3.08. The van der Waals surface area contributed by atoms with Crippen LogP contribution in [0.5, 0.6) is 0 Å². The molecule has 0 bridgehead atoms. The number of anilines is 4. The van der Waals surface area contributed by atoms with Gasteiger partial charge in [0.15, 0.2) is 0 Å². The molecule has 3 fully saturated rings. The summed E-state index contributed by atoms with van der Waals surface area (Å²) in [6.45, 7) is 7.74. The molecule has 1 aromatic carbocycles. The van der Waals surface area contributed by atoms with Crippen LogP contribution in [0.1, 0.15) is 50.6 Å². The Kier molecular flexibility index (Phi) is 9.53. The zero-order valence-electron chi connectivity index (χ0n) is 27.0. The van der Waals surface area contributed by atoms with E-state index in [-0.39, 0.29) is 24.6 Å². The number of aromatic nitrogens is 3. The number of methoxy groups -OCH3 is 1. The van der Waals surface area contributed by atoms with Gasteiger partial charge in [-0.3, -0.25) is 4.79 Å². The minimum Gasteiger partial charge on any atom is -0.381 e. The number of alkyl halides is 3. The van der Waals surface area contributed by atoms with E-state index in [4.69, 9.17) is 9.72 Å². The lowest BCUT2D eigenvalue weighted by atomic mass is 9.87. The van der Waals surface area contributed by atoms with Crippen molar-refractivity contribution >= 4 is 49.8 Å². The van der Waals surface area contributed by atoms with E-state index >= 15 is 0 Å². The number of sulfone groups is 1. The summed E-state index contributed by atoms with van der Waals surface area (Å²) < 4.78 is 68.6. The first-order valence-electron chi connectivity index (χ1n) is 16.2. The number of amides is 1. The number of benzene rings is 1. The summed E-state index contributed by atoms with van der Waals surface area (Å²) in [5, 5.41) is 4.89. The number of likely N-dealkylation sites (tertiary alicyclic amines) is 1. The predicted octanol–water partition coefficient (Wildman–Crippen LogP) is 5.38. The highest BCUT2D eigenvalue weighted by Crippen LogP contribution is 2.43. The first kappa shape index (κ1) is 33.9. The van der Waals surface area contributed by atoms with E-state index in [1.807, 2.05) is 28.0 Å². The summed E-state index contributed by atoms with van der Waals surface area (Å²) in [5.41, 5.74) is -3.63. The number of pyridine rings is 1. The van der Waals surface area contributed by atoms with Gasteiger partial charge in [-0.05, 0) is 74.3 Å². The topological polar surface area (TPSA) is 121 Å². The quantitative estimate of drug-likeness (QED) is 0.294. The van der Waals surface area contributed by atoms with Crippen molar-refractivity contribution in [3.63, 3.8) is 0 Å². The average molecular weight is 688 g/mol. The largest absolute Gasteiger partial charge is 0.497 e. The SMILES string of the molecule is C=CC(=O)N1CCCC[C@@H]1c1ccc(N2C[C@H](CS(=O)(=O)C(F)(F)F)[C@H]2C)c2cnc(Nc3ccnc(N4CCC(OC)CC4)n3)cc12. The minimum atomic E-state index is -5.28. The molecule has 0 unspecified atom stereocenters. The number of hydrogen-bond acceptors (Lipinski definition) is 10. The van der Waals surface area contributed by atoms with Crippen molar-refractivity contribution in [2.45, 2.75) is 62.7 Å². The Balaban J connectivity index is 1.33. The smallest absolute Gasteiger partial charge is 0.381 e. The summed E-state index contributed by atoms with van der Waals surface area (Å²) in [7, 11) is -3.51. The number of hydrogen-bond donors (Lipinski definition) is 1. The summed E-state index contributed by atoms with van der Waals surface area (Å²) >= 11 is 0. The van der Waals surface area contributed by atoms with E-state index in [1.165, 1.54) is 6.08 Å². The first-order valence-corrected chi connectivity index (χ1v) is 17.8. The van der Waals surface area contributed by atoms with Gasteiger partial charge in [0, 0.05) is 68.7 Å². The molecule has 258 valence electrons. The maximum Gasteiger partial charge on any atom is 0.497 e. The fraction of sp³-hybridized carbons (Fsp3) is 0.515.